The second kappa shape index (κ2) is 5.95. The van der Waals surface area contributed by atoms with E-state index in [2.05, 4.69) is 16.3 Å². The van der Waals surface area contributed by atoms with Gasteiger partial charge in [-0.3, -0.25) is 0 Å². The van der Waals surface area contributed by atoms with Crippen LogP contribution in [0.3, 0.4) is 0 Å². The van der Waals surface area contributed by atoms with Crippen LogP contribution in [0.25, 0.3) is 11.0 Å². The van der Waals surface area contributed by atoms with Gasteiger partial charge < -0.3 is 14.6 Å². The van der Waals surface area contributed by atoms with E-state index in [1.807, 2.05) is 18.2 Å². The van der Waals surface area contributed by atoms with Crippen LogP contribution in [-0.2, 0) is 6.54 Å². The molecule has 2 aromatic rings. The maximum Gasteiger partial charge on any atom is 0.199 e. The second-order valence-electron chi connectivity index (χ2n) is 5.08. The van der Waals surface area contributed by atoms with E-state index >= 15 is 0 Å². The first-order valence-electron chi connectivity index (χ1n) is 6.93. The first-order chi connectivity index (χ1) is 9.34. The largest absolute Gasteiger partial charge is 0.444 e. The van der Waals surface area contributed by atoms with Gasteiger partial charge in [-0.2, -0.15) is 0 Å². The predicted octanol–water partition coefficient (Wildman–Crippen LogP) is 3.27. The summed E-state index contributed by atoms with van der Waals surface area (Å²) in [5, 5.41) is 5.08. The summed E-state index contributed by atoms with van der Waals surface area (Å²) in [6, 6.07) is 7.99. The number of halogens is 1. The van der Waals surface area contributed by atoms with Crippen molar-refractivity contribution in [2.45, 2.75) is 19.4 Å². The Morgan fingerprint density at radius 3 is 2.84 bits per heavy atom. The Morgan fingerprint density at radius 2 is 2.00 bits per heavy atom. The highest BCUT2D eigenvalue weighted by Crippen LogP contribution is 2.29. The number of likely N-dealkylation sites (tertiary alicyclic amines) is 1. The number of nitrogens with zero attached hydrogens (tertiary/aromatic N) is 1. The number of fused-ring (bicyclic) bond motifs is 1. The Hall–Kier alpha value is -1.03. The Kier molecular flexibility index (Phi) is 4.06. The van der Waals surface area contributed by atoms with Crippen LogP contribution in [0.5, 0.6) is 0 Å². The van der Waals surface area contributed by atoms with Crippen LogP contribution < -0.4 is 5.32 Å². The molecule has 1 aliphatic rings. The van der Waals surface area contributed by atoms with E-state index < -0.39 is 0 Å². The molecule has 0 spiro atoms. The average molecular weight is 279 g/mol. The van der Waals surface area contributed by atoms with Gasteiger partial charge in [-0.15, -0.1) is 0 Å². The van der Waals surface area contributed by atoms with Gasteiger partial charge in [0.25, 0.3) is 0 Å². The maximum absolute atomic E-state index is 6.16. The van der Waals surface area contributed by atoms with Crippen LogP contribution in [0.15, 0.2) is 28.7 Å². The van der Waals surface area contributed by atoms with E-state index in [0.29, 0.717) is 5.22 Å². The lowest BCUT2D eigenvalue weighted by Crippen LogP contribution is -2.29. The molecule has 0 atom stereocenters. The van der Waals surface area contributed by atoms with Gasteiger partial charge in [0.05, 0.1) is 0 Å². The molecule has 102 valence electrons. The minimum absolute atomic E-state index is 0.509. The minimum Gasteiger partial charge on any atom is -0.444 e. The lowest BCUT2D eigenvalue weighted by molar-refractivity contribution is 0.335. The van der Waals surface area contributed by atoms with Gasteiger partial charge in [0.15, 0.2) is 5.22 Å². The first-order valence-corrected chi connectivity index (χ1v) is 7.31. The molecule has 1 fully saturated rings. The summed E-state index contributed by atoms with van der Waals surface area (Å²) >= 11 is 6.16. The summed E-state index contributed by atoms with van der Waals surface area (Å²) in [6.45, 7) is 5.38. The van der Waals surface area contributed by atoms with Gasteiger partial charge in [0.2, 0.25) is 0 Å². The van der Waals surface area contributed by atoms with E-state index in [0.717, 1.165) is 36.2 Å². The van der Waals surface area contributed by atoms with Crippen molar-refractivity contribution in [2.75, 3.05) is 26.2 Å². The molecule has 1 aromatic carbocycles. The molecule has 1 N–H and O–H groups in total. The normalized spacial score (nSPS) is 16.5. The van der Waals surface area contributed by atoms with Gasteiger partial charge >= 0.3 is 0 Å². The van der Waals surface area contributed by atoms with Gasteiger partial charge in [-0.25, -0.2) is 0 Å². The lowest BCUT2D eigenvalue weighted by atomic mass is 10.2. The monoisotopic (exact) mass is 278 g/mol. The SMILES string of the molecule is Clc1oc2ccccc2c1CNCCN1CCCC1. The fraction of sp³-hybridized carbons (Fsp3) is 0.467. The molecule has 0 radical (unpaired) electrons. The fourth-order valence-corrected chi connectivity index (χ4v) is 2.94. The van der Waals surface area contributed by atoms with Gasteiger partial charge in [0.1, 0.15) is 5.58 Å². The fourth-order valence-electron chi connectivity index (χ4n) is 2.69. The van der Waals surface area contributed by atoms with Crippen molar-refractivity contribution in [3.63, 3.8) is 0 Å². The van der Waals surface area contributed by atoms with Crippen molar-refractivity contribution in [3.05, 3.63) is 35.0 Å². The summed E-state index contributed by atoms with van der Waals surface area (Å²) in [6.07, 6.45) is 2.69. The van der Waals surface area contributed by atoms with Crippen LogP contribution in [0.2, 0.25) is 5.22 Å². The topological polar surface area (TPSA) is 28.4 Å². The third kappa shape index (κ3) is 2.94. The number of para-hydroxylation sites is 1. The third-order valence-corrected chi connectivity index (χ3v) is 4.06. The third-order valence-electron chi connectivity index (χ3n) is 3.75. The van der Waals surface area contributed by atoms with Crippen LogP contribution >= 0.6 is 11.6 Å². The highest BCUT2D eigenvalue weighted by atomic mass is 35.5. The first kappa shape index (κ1) is 13.0. The Balaban J connectivity index is 1.57. The Bertz CT molecular complexity index is 546. The number of rotatable bonds is 5. The predicted molar refractivity (Wildman–Crippen MR) is 78.6 cm³/mol. The molecule has 1 aliphatic heterocycles. The zero-order chi connectivity index (χ0) is 13.1. The number of benzene rings is 1. The van der Waals surface area contributed by atoms with E-state index in [-0.39, 0.29) is 0 Å². The van der Waals surface area contributed by atoms with Crippen molar-refractivity contribution >= 4 is 22.6 Å². The zero-order valence-electron chi connectivity index (χ0n) is 11.0. The molecule has 19 heavy (non-hydrogen) atoms. The average Bonchev–Trinajstić information content (AvgIpc) is 3.02. The van der Waals surface area contributed by atoms with E-state index in [1.165, 1.54) is 25.9 Å². The Morgan fingerprint density at radius 1 is 1.21 bits per heavy atom. The van der Waals surface area contributed by atoms with Gasteiger partial charge in [-0.1, -0.05) is 18.2 Å². The van der Waals surface area contributed by atoms with Crippen LogP contribution in [0.1, 0.15) is 18.4 Å². The number of hydrogen-bond donors (Lipinski definition) is 1. The molecule has 1 saturated heterocycles. The molecule has 2 heterocycles. The summed E-state index contributed by atoms with van der Waals surface area (Å²) in [7, 11) is 0. The Labute approximate surface area is 118 Å². The van der Waals surface area contributed by atoms with Crippen molar-refractivity contribution in [1.82, 2.24) is 10.2 Å². The van der Waals surface area contributed by atoms with Gasteiger partial charge in [0, 0.05) is 30.6 Å². The van der Waals surface area contributed by atoms with Crippen molar-refractivity contribution in [2.24, 2.45) is 0 Å². The molecular formula is C15H19ClN2O. The molecule has 3 nitrogen and oxygen atoms in total. The zero-order valence-corrected chi connectivity index (χ0v) is 11.7. The van der Waals surface area contributed by atoms with Crippen molar-refractivity contribution in [3.8, 4) is 0 Å². The minimum atomic E-state index is 0.509. The standard InChI is InChI=1S/C15H19ClN2O/c16-15-13(12-5-1-2-6-14(12)19-15)11-17-7-10-18-8-3-4-9-18/h1-2,5-6,17H,3-4,7-11H2. The van der Waals surface area contributed by atoms with Crippen molar-refractivity contribution < 1.29 is 4.42 Å². The summed E-state index contributed by atoms with van der Waals surface area (Å²) in [4.78, 5) is 2.50. The summed E-state index contributed by atoms with van der Waals surface area (Å²) in [5.41, 5.74) is 1.93. The quantitative estimate of drug-likeness (QED) is 0.851. The number of hydrogen-bond acceptors (Lipinski definition) is 3. The molecule has 3 rings (SSSR count). The maximum atomic E-state index is 6.16. The number of nitrogens with one attached hydrogen (secondary N) is 1. The smallest absolute Gasteiger partial charge is 0.199 e. The molecule has 0 aliphatic carbocycles. The molecule has 1 aromatic heterocycles. The summed E-state index contributed by atoms with van der Waals surface area (Å²) in [5.74, 6) is 0. The van der Waals surface area contributed by atoms with Crippen molar-refractivity contribution in [1.29, 1.82) is 0 Å². The highest BCUT2D eigenvalue weighted by molar-refractivity contribution is 6.30. The van der Waals surface area contributed by atoms with Crippen LogP contribution in [0, 0.1) is 0 Å². The summed E-state index contributed by atoms with van der Waals surface area (Å²) < 4.78 is 5.54. The molecule has 4 heteroatoms. The van der Waals surface area contributed by atoms with Gasteiger partial charge in [-0.05, 0) is 43.6 Å². The molecule has 0 amide bonds. The lowest BCUT2D eigenvalue weighted by Gasteiger charge is -2.14. The molecular weight excluding hydrogens is 260 g/mol. The second-order valence-corrected chi connectivity index (χ2v) is 5.42. The van der Waals surface area contributed by atoms with E-state index in [4.69, 9.17) is 16.0 Å². The molecule has 0 saturated carbocycles. The van der Waals surface area contributed by atoms with Crippen LogP contribution in [0.4, 0.5) is 0 Å². The molecule has 0 bridgehead atoms. The van der Waals surface area contributed by atoms with Crippen LogP contribution in [-0.4, -0.2) is 31.1 Å². The number of furan rings is 1. The highest BCUT2D eigenvalue weighted by Gasteiger charge is 2.13. The molecule has 0 unspecified atom stereocenters. The van der Waals surface area contributed by atoms with E-state index in [1.54, 1.807) is 0 Å². The van der Waals surface area contributed by atoms with E-state index in [9.17, 15) is 0 Å².